The van der Waals surface area contributed by atoms with Gasteiger partial charge in [-0.25, -0.2) is 14.6 Å². The van der Waals surface area contributed by atoms with Crippen molar-refractivity contribution in [3.63, 3.8) is 0 Å². The van der Waals surface area contributed by atoms with Gasteiger partial charge in [0.15, 0.2) is 0 Å². The van der Waals surface area contributed by atoms with Gasteiger partial charge in [-0.1, -0.05) is 6.07 Å². The molecule has 0 radical (unpaired) electrons. The van der Waals surface area contributed by atoms with Crippen LogP contribution >= 0.6 is 0 Å². The van der Waals surface area contributed by atoms with Crippen LogP contribution in [0.25, 0.3) is 5.69 Å². The molecule has 0 unspecified atom stereocenters. The van der Waals surface area contributed by atoms with Crippen molar-refractivity contribution in [3.05, 3.63) is 54.4 Å². The molecule has 0 aliphatic carbocycles. The Morgan fingerprint density at radius 2 is 2.05 bits per heavy atom. The minimum atomic E-state index is 0.666. The number of anilines is 1. The van der Waals surface area contributed by atoms with E-state index in [0.717, 1.165) is 22.5 Å². The number of tetrazole rings is 1. The summed E-state index contributed by atoms with van der Waals surface area (Å²) in [5, 5.41) is 14.6. The van der Waals surface area contributed by atoms with Gasteiger partial charge in [0.1, 0.15) is 12.7 Å². The molecule has 20 heavy (non-hydrogen) atoms. The van der Waals surface area contributed by atoms with Gasteiger partial charge >= 0.3 is 0 Å². The predicted octanol–water partition coefficient (Wildman–Crippen LogP) is 1.37. The first-order chi connectivity index (χ1) is 9.83. The Morgan fingerprint density at radius 1 is 1.20 bits per heavy atom. The first-order valence-corrected chi connectivity index (χ1v) is 6.15. The zero-order valence-electron chi connectivity index (χ0n) is 10.9. The molecule has 0 bridgehead atoms. The molecular weight excluding hydrogens is 254 g/mol. The SMILES string of the molecule is Cc1ccc(NCc2cncnc2)cc1-n1cnnn1. The molecule has 0 saturated heterocycles. The number of hydrogen-bond donors (Lipinski definition) is 1. The van der Waals surface area contributed by atoms with Crippen molar-refractivity contribution in [2.24, 2.45) is 0 Å². The number of aromatic nitrogens is 6. The molecule has 3 rings (SSSR count). The smallest absolute Gasteiger partial charge is 0.143 e. The normalized spacial score (nSPS) is 10.4. The summed E-state index contributed by atoms with van der Waals surface area (Å²) in [7, 11) is 0. The van der Waals surface area contributed by atoms with E-state index < -0.39 is 0 Å². The summed E-state index contributed by atoms with van der Waals surface area (Å²) in [5.74, 6) is 0. The van der Waals surface area contributed by atoms with Crippen molar-refractivity contribution in [3.8, 4) is 5.69 Å². The fraction of sp³-hybridized carbons (Fsp3) is 0.154. The number of nitrogens with one attached hydrogen (secondary N) is 1. The number of nitrogens with zero attached hydrogens (tertiary/aromatic N) is 6. The van der Waals surface area contributed by atoms with Crippen LogP contribution in [0, 0.1) is 6.92 Å². The van der Waals surface area contributed by atoms with Crippen LogP contribution in [0.3, 0.4) is 0 Å². The highest BCUT2D eigenvalue weighted by Gasteiger charge is 2.04. The average Bonchev–Trinajstić information content (AvgIpc) is 3.01. The van der Waals surface area contributed by atoms with Crippen molar-refractivity contribution in [1.82, 2.24) is 30.2 Å². The van der Waals surface area contributed by atoms with Crippen LogP contribution in [0.1, 0.15) is 11.1 Å². The monoisotopic (exact) mass is 267 g/mol. The molecule has 2 aromatic heterocycles. The molecule has 0 aliphatic rings. The van der Waals surface area contributed by atoms with Crippen LogP contribution in [0.2, 0.25) is 0 Å². The first kappa shape index (κ1) is 12.2. The maximum atomic E-state index is 3.99. The summed E-state index contributed by atoms with van der Waals surface area (Å²) in [4.78, 5) is 7.98. The van der Waals surface area contributed by atoms with Gasteiger partial charge in [-0.2, -0.15) is 0 Å². The van der Waals surface area contributed by atoms with Gasteiger partial charge in [-0.15, -0.1) is 5.10 Å². The molecule has 2 heterocycles. The molecule has 7 nitrogen and oxygen atoms in total. The van der Waals surface area contributed by atoms with E-state index in [1.807, 2.05) is 25.1 Å². The molecule has 1 N–H and O–H groups in total. The second kappa shape index (κ2) is 5.43. The van der Waals surface area contributed by atoms with Crippen molar-refractivity contribution < 1.29 is 0 Å². The van der Waals surface area contributed by atoms with Crippen molar-refractivity contribution >= 4 is 5.69 Å². The molecule has 1 aromatic carbocycles. The van der Waals surface area contributed by atoms with E-state index in [-0.39, 0.29) is 0 Å². The Hall–Kier alpha value is -2.83. The van der Waals surface area contributed by atoms with Gasteiger partial charge < -0.3 is 5.32 Å². The average molecular weight is 267 g/mol. The third kappa shape index (κ3) is 2.61. The van der Waals surface area contributed by atoms with Crippen molar-refractivity contribution in [2.75, 3.05) is 5.32 Å². The van der Waals surface area contributed by atoms with E-state index >= 15 is 0 Å². The molecular formula is C13H13N7. The van der Waals surface area contributed by atoms with Gasteiger partial charge in [0.25, 0.3) is 0 Å². The molecule has 0 spiro atoms. The maximum Gasteiger partial charge on any atom is 0.143 e. The summed E-state index contributed by atoms with van der Waals surface area (Å²) in [6, 6.07) is 6.06. The Bertz CT molecular complexity index is 679. The Morgan fingerprint density at radius 3 is 2.80 bits per heavy atom. The lowest BCUT2D eigenvalue weighted by Gasteiger charge is -2.10. The summed E-state index contributed by atoms with van der Waals surface area (Å²) < 4.78 is 1.64. The first-order valence-electron chi connectivity index (χ1n) is 6.15. The lowest BCUT2D eigenvalue weighted by Crippen LogP contribution is -2.03. The van der Waals surface area contributed by atoms with Crippen LogP contribution in [0.5, 0.6) is 0 Å². The Labute approximate surface area is 115 Å². The number of aryl methyl sites for hydroxylation is 1. The highest BCUT2D eigenvalue weighted by molar-refractivity contribution is 5.54. The molecule has 0 amide bonds. The number of rotatable bonds is 4. The zero-order valence-corrected chi connectivity index (χ0v) is 10.9. The fourth-order valence-corrected chi connectivity index (χ4v) is 1.86. The summed E-state index contributed by atoms with van der Waals surface area (Å²) >= 11 is 0. The standard InChI is InChI=1S/C13H13N7/c1-10-2-3-12(4-13(10)20-9-17-18-19-20)16-7-11-5-14-8-15-6-11/h2-6,8-9,16H,7H2,1H3. The van der Waals surface area contributed by atoms with Gasteiger partial charge in [-0.05, 0) is 35.0 Å². The summed E-state index contributed by atoms with van der Waals surface area (Å²) in [6.07, 6.45) is 6.68. The van der Waals surface area contributed by atoms with Gasteiger partial charge in [0.2, 0.25) is 0 Å². The van der Waals surface area contributed by atoms with Crippen LogP contribution in [-0.2, 0) is 6.54 Å². The molecule has 0 saturated carbocycles. The third-order valence-corrected chi connectivity index (χ3v) is 2.92. The van der Waals surface area contributed by atoms with Crippen molar-refractivity contribution in [1.29, 1.82) is 0 Å². The number of benzene rings is 1. The summed E-state index contributed by atoms with van der Waals surface area (Å²) in [6.45, 7) is 2.69. The quantitative estimate of drug-likeness (QED) is 0.769. The largest absolute Gasteiger partial charge is 0.381 e. The van der Waals surface area contributed by atoms with Gasteiger partial charge in [-0.3, -0.25) is 0 Å². The zero-order chi connectivity index (χ0) is 13.8. The second-order valence-electron chi connectivity index (χ2n) is 4.36. The van der Waals surface area contributed by atoms with E-state index in [4.69, 9.17) is 0 Å². The van der Waals surface area contributed by atoms with Gasteiger partial charge in [0, 0.05) is 30.2 Å². The topological polar surface area (TPSA) is 81.4 Å². The Balaban J connectivity index is 1.79. The minimum Gasteiger partial charge on any atom is -0.381 e. The lowest BCUT2D eigenvalue weighted by molar-refractivity contribution is 0.785. The van der Waals surface area contributed by atoms with E-state index in [0.29, 0.717) is 6.54 Å². The second-order valence-corrected chi connectivity index (χ2v) is 4.36. The predicted molar refractivity (Wildman–Crippen MR) is 73.2 cm³/mol. The van der Waals surface area contributed by atoms with Crippen LogP contribution < -0.4 is 5.32 Å². The van der Waals surface area contributed by atoms with E-state index in [1.54, 1.807) is 23.4 Å². The molecule has 0 fully saturated rings. The molecule has 100 valence electrons. The van der Waals surface area contributed by atoms with Crippen LogP contribution in [-0.4, -0.2) is 30.2 Å². The number of hydrogen-bond acceptors (Lipinski definition) is 6. The highest BCUT2D eigenvalue weighted by atomic mass is 15.5. The minimum absolute atomic E-state index is 0.666. The van der Waals surface area contributed by atoms with E-state index in [1.165, 1.54) is 6.33 Å². The van der Waals surface area contributed by atoms with Crippen molar-refractivity contribution in [2.45, 2.75) is 13.5 Å². The van der Waals surface area contributed by atoms with Crippen LogP contribution in [0.15, 0.2) is 43.2 Å². The van der Waals surface area contributed by atoms with E-state index in [2.05, 4.69) is 30.8 Å². The summed E-state index contributed by atoms with van der Waals surface area (Å²) in [5.41, 5.74) is 4.07. The fourth-order valence-electron chi connectivity index (χ4n) is 1.86. The molecule has 7 heteroatoms. The Kier molecular flexibility index (Phi) is 3.32. The molecule has 3 aromatic rings. The maximum absolute atomic E-state index is 3.99. The van der Waals surface area contributed by atoms with E-state index in [9.17, 15) is 0 Å². The van der Waals surface area contributed by atoms with Gasteiger partial charge in [0.05, 0.1) is 5.69 Å². The van der Waals surface area contributed by atoms with Crippen LogP contribution in [0.4, 0.5) is 5.69 Å². The lowest BCUT2D eigenvalue weighted by atomic mass is 10.2. The molecule has 0 atom stereocenters. The molecule has 0 aliphatic heterocycles. The third-order valence-electron chi connectivity index (χ3n) is 2.92. The highest BCUT2D eigenvalue weighted by Crippen LogP contribution is 2.18.